The standard InChI is InChI=1S/C17H20N4O/c22-17(20-11-5-2-6-12-20)10-9-16-14-21(19-18-16)13-15-7-3-1-4-8-15/h1,3-4,7-10,14H,2,5-6,11-13H2/b10-9+. The van der Waals surface area contributed by atoms with Gasteiger partial charge in [0.2, 0.25) is 5.91 Å². The smallest absolute Gasteiger partial charge is 0.246 e. The summed E-state index contributed by atoms with van der Waals surface area (Å²) in [6.07, 6.45) is 8.63. The van der Waals surface area contributed by atoms with Crippen LogP contribution in [0.15, 0.2) is 42.6 Å². The lowest BCUT2D eigenvalue weighted by Crippen LogP contribution is -2.34. The van der Waals surface area contributed by atoms with Gasteiger partial charge in [0, 0.05) is 19.2 Å². The summed E-state index contributed by atoms with van der Waals surface area (Å²) in [5.74, 6) is 0.0670. The molecule has 1 amide bonds. The Labute approximate surface area is 130 Å². The number of nitrogens with zero attached hydrogens (tertiary/aromatic N) is 4. The van der Waals surface area contributed by atoms with Crippen LogP contribution >= 0.6 is 0 Å². The molecule has 0 saturated carbocycles. The molecule has 1 aliphatic rings. The second kappa shape index (κ2) is 7.02. The van der Waals surface area contributed by atoms with Crippen LogP contribution in [0.2, 0.25) is 0 Å². The molecule has 2 aromatic rings. The first kappa shape index (κ1) is 14.5. The van der Waals surface area contributed by atoms with Gasteiger partial charge in [0.15, 0.2) is 0 Å². The van der Waals surface area contributed by atoms with E-state index in [2.05, 4.69) is 22.4 Å². The predicted molar refractivity (Wildman–Crippen MR) is 85.0 cm³/mol. The molecule has 0 aliphatic carbocycles. The topological polar surface area (TPSA) is 51.0 Å². The number of aromatic nitrogens is 3. The summed E-state index contributed by atoms with van der Waals surface area (Å²) in [5, 5.41) is 8.18. The number of benzene rings is 1. The van der Waals surface area contributed by atoms with E-state index in [9.17, 15) is 4.79 Å². The van der Waals surface area contributed by atoms with Gasteiger partial charge in [-0.3, -0.25) is 4.79 Å². The molecule has 0 radical (unpaired) electrons. The summed E-state index contributed by atoms with van der Waals surface area (Å²) < 4.78 is 1.78. The van der Waals surface area contributed by atoms with Gasteiger partial charge >= 0.3 is 0 Å². The highest BCUT2D eigenvalue weighted by atomic mass is 16.2. The SMILES string of the molecule is O=C(/C=C/c1cn(Cc2ccccc2)nn1)N1CCCCC1. The van der Waals surface area contributed by atoms with Crippen molar-refractivity contribution in [2.75, 3.05) is 13.1 Å². The van der Waals surface area contributed by atoms with Crippen molar-refractivity contribution >= 4 is 12.0 Å². The van der Waals surface area contributed by atoms with E-state index in [0.717, 1.165) is 25.9 Å². The van der Waals surface area contributed by atoms with Crippen molar-refractivity contribution in [1.82, 2.24) is 19.9 Å². The van der Waals surface area contributed by atoms with Crippen molar-refractivity contribution in [1.29, 1.82) is 0 Å². The molecule has 0 bridgehead atoms. The highest BCUT2D eigenvalue weighted by Crippen LogP contribution is 2.10. The number of amides is 1. The van der Waals surface area contributed by atoms with Crippen molar-refractivity contribution in [2.45, 2.75) is 25.8 Å². The summed E-state index contributed by atoms with van der Waals surface area (Å²) in [6, 6.07) is 10.1. The largest absolute Gasteiger partial charge is 0.339 e. The van der Waals surface area contributed by atoms with Crippen LogP contribution in [-0.2, 0) is 11.3 Å². The zero-order valence-corrected chi connectivity index (χ0v) is 12.6. The Morgan fingerprint density at radius 1 is 1.14 bits per heavy atom. The molecule has 2 heterocycles. The maximum atomic E-state index is 12.1. The summed E-state index contributed by atoms with van der Waals surface area (Å²) in [4.78, 5) is 14.0. The Kier molecular flexibility index (Phi) is 4.63. The van der Waals surface area contributed by atoms with Gasteiger partial charge in [-0.25, -0.2) is 4.68 Å². The van der Waals surface area contributed by atoms with Crippen molar-refractivity contribution in [3.8, 4) is 0 Å². The molecule has 1 fully saturated rings. The number of hydrogen-bond donors (Lipinski definition) is 0. The minimum Gasteiger partial charge on any atom is -0.339 e. The van der Waals surface area contributed by atoms with Crippen molar-refractivity contribution in [3.05, 3.63) is 53.9 Å². The fraction of sp³-hybridized carbons (Fsp3) is 0.353. The molecule has 3 rings (SSSR count). The van der Waals surface area contributed by atoms with Crippen LogP contribution in [0.1, 0.15) is 30.5 Å². The van der Waals surface area contributed by atoms with Gasteiger partial charge in [0.25, 0.3) is 0 Å². The molecule has 0 N–H and O–H groups in total. The Hall–Kier alpha value is -2.43. The monoisotopic (exact) mass is 296 g/mol. The Morgan fingerprint density at radius 2 is 1.91 bits per heavy atom. The zero-order valence-electron chi connectivity index (χ0n) is 12.6. The van der Waals surface area contributed by atoms with Crippen LogP contribution in [0.25, 0.3) is 6.08 Å². The number of carbonyl (C=O) groups is 1. The quantitative estimate of drug-likeness (QED) is 0.814. The van der Waals surface area contributed by atoms with Crippen LogP contribution in [0, 0.1) is 0 Å². The fourth-order valence-electron chi connectivity index (χ4n) is 2.61. The first-order valence-electron chi connectivity index (χ1n) is 7.72. The third-order valence-corrected chi connectivity index (χ3v) is 3.81. The van der Waals surface area contributed by atoms with E-state index >= 15 is 0 Å². The molecular formula is C17H20N4O. The van der Waals surface area contributed by atoms with E-state index in [4.69, 9.17) is 0 Å². The molecule has 1 aliphatic heterocycles. The van der Waals surface area contributed by atoms with E-state index in [1.807, 2.05) is 29.3 Å². The predicted octanol–water partition coefficient (Wildman–Crippen LogP) is 2.35. The summed E-state index contributed by atoms with van der Waals surface area (Å²) in [5.41, 5.74) is 1.88. The lowest BCUT2D eigenvalue weighted by molar-refractivity contribution is -0.126. The fourth-order valence-corrected chi connectivity index (χ4v) is 2.61. The molecule has 5 nitrogen and oxygen atoms in total. The van der Waals surface area contributed by atoms with E-state index in [1.165, 1.54) is 12.0 Å². The first-order valence-corrected chi connectivity index (χ1v) is 7.72. The molecule has 22 heavy (non-hydrogen) atoms. The Bertz CT molecular complexity index is 642. The van der Waals surface area contributed by atoms with E-state index in [-0.39, 0.29) is 5.91 Å². The summed E-state index contributed by atoms with van der Waals surface area (Å²) >= 11 is 0. The summed E-state index contributed by atoms with van der Waals surface area (Å²) in [7, 11) is 0. The van der Waals surface area contributed by atoms with Crippen LogP contribution in [-0.4, -0.2) is 38.9 Å². The van der Waals surface area contributed by atoms with Gasteiger partial charge in [0.1, 0.15) is 5.69 Å². The third-order valence-electron chi connectivity index (χ3n) is 3.81. The van der Waals surface area contributed by atoms with E-state index in [1.54, 1.807) is 16.8 Å². The lowest BCUT2D eigenvalue weighted by atomic mass is 10.1. The molecule has 1 saturated heterocycles. The molecule has 1 aromatic carbocycles. The average molecular weight is 296 g/mol. The lowest BCUT2D eigenvalue weighted by Gasteiger charge is -2.25. The second-order valence-electron chi connectivity index (χ2n) is 5.55. The molecule has 0 spiro atoms. The summed E-state index contributed by atoms with van der Waals surface area (Å²) in [6.45, 7) is 2.41. The molecule has 1 aromatic heterocycles. The van der Waals surface area contributed by atoms with E-state index in [0.29, 0.717) is 12.2 Å². The molecule has 0 unspecified atom stereocenters. The maximum Gasteiger partial charge on any atom is 0.246 e. The van der Waals surface area contributed by atoms with Gasteiger partial charge in [-0.15, -0.1) is 5.10 Å². The number of rotatable bonds is 4. The van der Waals surface area contributed by atoms with Gasteiger partial charge in [-0.2, -0.15) is 0 Å². The minimum atomic E-state index is 0.0670. The number of piperidine rings is 1. The second-order valence-corrected chi connectivity index (χ2v) is 5.55. The molecule has 114 valence electrons. The normalized spacial score (nSPS) is 15.4. The van der Waals surface area contributed by atoms with Crippen LogP contribution in [0.4, 0.5) is 0 Å². The Morgan fingerprint density at radius 3 is 2.68 bits per heavy atom. The van der Waals surface area contributed by atoms with Gasteiger partial charge < -0.3 is 4.90 Å². The average Bonchev–Trinajstić information content (AvgIpc) is 3.02. The molecule has 5 heteroatoms. The van der Waals surface area contributed by atoms with Gasteiger partial charge in [-0.05, 0) is 30.9 Å². The zero-order chi connectivity index (χ0) is 15.2. The van der Waals surface area contributed by atoms with E-state index < -0.39 is 0 Å². The van der Waals surface area contributed by atoms with Crippen LogP contribution in [0.5, 0.6) is 0 Å². The minimum absolute atomic E-state index is 0.0670. The van der Waals surface area contributed by atoms with Crippen molar-refractivity contribution in [2.24, 2.45) is 0 Å². The first-order chi connectivity index (χ1) is 10.8. The molecule has 0 atom stereocenters. The van der Waals surface area contributed by atoms with Crippen molar-refractivity contribution < 1.29 is 4.79 Å². The number of carbonyl (C=O) groups excluding carboxylic acids is 1. The molecular weight excluding hydrogens is 276 g/mol. The van der Waals surface area contributed by atoms with Crippen LogP contribution < -0.4 is 0 Å². The van der Waals surface area contributed by atoms with Gasteiger partial charge in [0.05, 0.1) is 12.7 Å². The van der Waals surface area contributed by atoms with Crippen molar-refractivity contribution in [3.63, 3.8) is 0 Å². The highest BCUT2D eigenvalue weighted by Gasteiger charge is 2.13. The Balaban J connectivity index is 1.59. The third kappa shape index (κ3) is 3.81. The van der Waals surface area contributed by atoms with Crippen LogP contribution in [0.3, 0.4) is 0 Å². The number of hydrogen-bond acceptors (Lipinski definition) is 3. The van der Waals surface area contributed by atoms with Gasteiger partial charge in [-0.1, -0.05) is 35.5 Å². The number of likely N-dealkylation sites (tertiary alicyclic amines) is 1. The highest BCUT2D eigenvalue weighted by molar-refractivity contribution is 5.91. The maximum absolute atomic E-state index is 12.1.